The minimum Gasteiger partial charge on any atom is -0.353 e. The van der Waals surface area contributed by atoms with Crippen LogP contribution in [0.4, 0.5) is 5.82 Å². The lowest BCUT2D eigenvalue weighted by Gasteiger charge is -2.28. The number of anilines is 1. The molecule has 2 aromatic rings. The summed E-state index contributed by atoms with van der Waals surface area (Å²) in [6.45, 7) is 5.79. The number of piperazine rings is 1. The van der Waals surface area contributed by atoms with Crippen LogP contribution in [0, 0.1) is 6.92 Å². The molecule has 3 heterocycles. The molecule has 1 N–H and O–H groups in total. The summed E-state index contributed by atoms with van der Waals surface area (Å²) in [4.78, 5) is 10.7. The lowest BCUT2D eigenvalue weighted by molar-refractivity contribution is 0.442. The van der Waals surface area contributed by atoms with Gasteiger partial charge in [-0.2, -0.15) is 4.98 Å². The molecule has 3 rings (SSSR count). The van der Waals surface area contributed by atoms with E-state index in [1.807, 2.05) is 6.92 Å². The minimum atomic E-state index is 0.570. The first-order valence-electron chi connectivity index (χ1n) is 5.39. The van der Waals surface area contributed by atoms with Crippen LogP contribution >= 0.6 is 0 Å². The summed E-state index contributed by atoms with van der Waals surface area (Å²) in [5.74, 6) is 0.935. The van der Waals surface area contributed by atoms with Gasteiger partial charge in [-0.15, -0.1) is 0 Å². The van der Waals surface area contributed by atoms with E-state index in [4.69, 9.17) is 4.52 Å². The van der Waals surface area contributed by atoms with Crippen molar-refractivity contribution in [2.24, 2.45) is 0 Å². The van der Waals surface area contributed by atoms with E-state index in [2.05, 4.69) is 25.3 Å². The van der Waals surface area contributed by atoms with Crippen molar-refractivity contribution in [1.29, 1.82) is 0 Å². The second kappa shape index (κ2) is 3.71. The Kier molecular flexibility index (Phi) is 2.21. The fourth-order valence-electron chi connectivity index (χ4n) is 2.02. The molecule has 0 radical (unpaired) electrons. The molecule has 0 atom stereocenters. The molecule has 1 aliphatic rings. The van der Waals surface area contributed by atoms with Crippen molar-refractivity contribution in [3.8, 4) is 0 Å². The second-order valence-electron chi connectivity index (χ2n) is 3.88. The van der Waals surface area contributed by atoms with Gasteiger partial charge >= 0.3 is 0 Å². The van der Waals surface area contributed by atoms with Crippen LogP contribution in [-0.2, 0) is 0 Å². The summed E-state index contributed by atoms with van der Waals surface area (Å²) >= 11 is 0. The van der Waals surface area contributed by atoms with Crippen LogP contribution in [0.1, 0.15) is 5.69 Å². The Morgan fingerprint density at radius 3 is 2.94 bits per heavy atom. The molecular formula is C10H13N5O. The number of hydrogen-bond acceptors (Lipinski definition) is 6. The third kappa shape index (κ3) is 1.42. The second-order valence-corrected chi connectivity index (χ2v) is 3.88. The maximum Gasteiger partial charge on any atom is 0.263 e. The predicted octanol–water partition coefficient (Wildman–Crippen LogP) is 0.336. The molecule has 0 saturated carbocycles. The summed E-state index contributed by atoms with van der Waals surface area (Å²) < 4.78 is 5.14. The number of fused-ring (bicyclic) bond motifs is 1. The topological polar surface area (TPSA) is 67.1 Å². The summed E-state index contributed by atoms with van der Waals surface area (Å²) in [6, 6.07) is 0. The van der Waals surface area contributed by atoms with Crippen molar-refractivity contribution < 1.29 is 4.52 Å². The standard InChI is InChI=1S/C10H13N5O/c1-7-8-9(15-4-2-11-3-5-15)12-6-13-10(8)16-14-7/h6,11H,2-5H2,1H3. The maximum atomic E-state index is 5.14. The summed E-state index contributed by atoms with van der Waals surface area (Å²) in [7, 11) is 0. The number of rotatable bonds is 1. The van der Waals surface area contributed by atoms with Crippen molar-refractivity contribution in [3.05, 3.63) is 12.0 Å². The summed E-state index contributed by atoms with van der Waals surface area (Å²) in [5.41, 5.74) is 1.42. The first-order valence-corrected chi connectivity index (χ1v) is 5.39. The van der Waals surface area contributed by atoms with Crippen molar-refractivity contribution >= 4 is 16.9 Å². The van der Waals surface area contributed by atoms with Crippen molar-refractivity contribution in [1.82, 2.24) is 20.4 Å². The number of aryl methyl sites for hydroxylation is 1. The fourth-order valence-corrected chi connectivity index (χ4v) is 2.02. The van der Waals surface area contributed by atoms with Crippen molar-refractivity contribution in [2.45, 2.75) is 6.92 Å². The Hall–Kier alpha value is -1.69. The molecule has 0 unspecified atom stereocenters. The van der Waals surface area contributed by atoms with Gasteiger partial charge in [0, 0.05) is 26.2 Å². The monoisotopic (exact) mass is 219 g/mol. The Morgan fingerprint density at radius 2 is 2.12 bits per heavy atom. The highest BCUT2D eigenvalue weighted by atomic mass is 16.5. The summed E-state index contributed by atoms with van der Waals surface area (Å²) in [6.07, 6.45) is 1.53. The van der Waals surface area contributed by atoms with Crippen LogP contribution in [0.15, 0.2) is 10.9 Å². The van der Waals surface area contributed by atoms with Gasteiger partial charge in [-0.05, 0) is 6.92 Å². The Morgan fingerprint density at radius 1 is 1.31 bits per heavy atom. The summed E-state index contributed by atoms with van der Waals surface area (Å²) in [5, 5.41) is 8.18. The first kappa shape index (κ1) is 9.53. The molecule has 0 aliphatic carbocycles. The predicted molar refractivity (Wildman–Crippen MR) is 59.4 cm³/mol. The molecule has 1 aliphatic heterocycles. The molecule has 0 bridgehead atoms. The molecule has 0 spiro atoms. The van der Waals surface area contributed by atoms with Crippen LogP contribution in [0.25, 0.3) is 11.1 Å². The largest absolute Gasteiger partial charge is 0.353 e. The van der Waals surface area contributed by atoms with E-state index in [1.165, 1.54) is 6.33 Å². The van der Waals surface area contributed by atoms with Gasteiger partial charge in [0.2, 0.25) is 0 Å². The zero-order valence-electron chi connectivity index (χ0n) is 9.10. The maximum absolute atomic E-state index is 5.14. The first-order chi connectivity index (χ1) is 7.86. The van der Waals surface area contributed by atoms with Crippen LogP contribution in [0.5, 0.6) is 0 Å². The van der Waals surface area contributed by atoms with Crippen molar-refractivity contribution in [3.63, 3.8) is 0 Å². The van der Waals surface area contributed by atoms with E-state index >= 15 is 0 Å². The average molecular weight is 219 g/mol. The van der Waals surface area contributed by atoms with Gasteiger partial charge in [-0.25, -0.2) is 4.98 Å². The van der Waals surface area contributed by atoms with E-state index in [0.29, 0.717) is 5.71 Å². The lowest BCUT2D eigenvalue weighted by atomic mass is 10.2. The lowest BCUT2D eigenvalue weighted by Crippen LogP contribution is -2.44. The molecule has 0 amide bonds. The highest BCUT2D eigenvalue weighted by Crippen LogP contribution is 2.25. The molecule has 2 aromatic heterocycles. The van der Waals surface area contributed by atoms with Crippen LogP contribution in [0.3, 0.4) is 0 Å². The molecule has 0 aromatic carbocycles. The number of hydrogen-bond donors (Lipinski definition) is 1. The zero-order chi connectivity index (χ0) is 11.0. The molecule has 6 nitrogen and oxygen atoms in total. The Balaban J connectivity index is 2.10. The minimum absolute atomic E-state index is 0.570. The van der Waals surface area contributed by atoms with Gasteiger partial charge < -0.3 is 14.7 Å². The highest BCUT2D eigenvalue weighted by Gasteiger charge is 2.18. The van der Waals surface area contributed by atoms with E-state index in [-0.39, 0.29) is 0 Å². The number of aromatic nitrogens is 3. The normalized spacial score (nSPS) is 16.9. The van der Waals surface area contributed by atoms with Gasteiger partial charge in [0.15, 0.2) is 0 Å². The molecular weight excluding hydrogens is 206 g/mol. The van der Waals surface area contributed by atoms with Crippen LogP contribution < -0.4 is 10.2 Å². The van der Waals surface area contributed by atoms with Gasteiger partial charge in [0.1, 0.15) is 17.5 Å². The molecule has 1 saturated heterocycles. The molecule has 1 fully saturated rings. The van der Waals surface area contributed by atoms with E-state index in [0.717, 1.165) is 43.1 Å². The van der Waals surface area contributed by atoms with Gasteiger partial charge in [-0.1, -0.05) is 5.16 Å². The smallest absolute Gasteiger partial charge is 0.263 e. The van der Waals surface area contributed by atoms with E-state index in [1.54, 1.807) is 0 Å². The Bertz CT molecular complexity index is 503. The SMILES string of the molecule is Cc1noc2ncnc(N3CCNCC3)c12. The fraction of sp³-hybridized carbons (Fsp3) is 0.500. The molecule has 84 valence electrons. The number of nitrogens with one attached hydrogen (secondary N) is 1. The Labute approximate surface area is 92.6 Å². The van der Waals surface area contributed by atoms with Gasteiger partial charge in [0.25, 0.3) is 5.71 Å². The highest BCUT2D eigenvalue weighted by molar-refractivity contribution is 5.87. The molecule has 16 heavy (non-hydrogen) atoms. The molecule has 6 heteroatoms. The van der Waals surface area contributed by atoms with Crippen LogP contribution in [-0.4, -0.2) is 41.3 Å². The zero-order valence-corrected chi connectivity index (χ0v) is 9.10. The van der Waals surface area contributed by atoms with Crippen molar-refractivity contribution in [2.75, 3.05) is 31.1 Å². The quantitative estimate of drug-likeness (QED) is 0.745. The third-order valence-corrected chi connectivity index (χ3v) is 2.84. The van der Waals surface area contributed by atoms with E-state index in [9.17, 15) is 0 Å². The third-order valence-electron chi connectivity index (χ3n) is 2.84. The average Bonchev–Trinajstić information content (AvgIpc) is 2.73. The van der Waals surface area contributed by atoms with Crippen LogP contribution in [0.2, 0.25) is 0 Å². The van der Waals surface area contributed by atoms with E-state index < -0.39 is 0 Å². The van der Waals surface area contributed by atoms with Gasteiger partial charge in [0.05, 0.1) is 5.69 Å². The van der Waals surface area contributed by atoms with Gasteiger partial charge in [-0.3, -0.25) is 0 Å². The number of nitrogens with zero attached hydrogens (tertiary/aromatic N) is 4.